The number of fused-ring (bicyclic) bond motifs is 1. The van der Waals surface area contributed by atoms with Gasteiger partial charge in [0.05, 0.1) is 0 Å². The standard InChI is InChI=1S/C36H49N5O7/c1-35(2,3)47-33(45)37-21-30(42)38-27-20-29(41(22-27)34(46)48-36(4,5)6)32(44)40-28(18-15-23-11-8-7-9-12-23)31(43)39-26-17-16-24-13-10-14-25(24)19-26/h7-9,11-12,16-17,19,27-29H,10,13-15,18,20-22H2,1-6H3,(H,37,45)(H,38,42)(H,39,43)(H,40,44)/t27-,28-,29+/m1/s1. The monoisotopic (exact) mass is 663 g/mol. The minimum absolute atomic E-state index is 0.00117. The van der Waals surface area contributed by atoms with Crippen LogP contribution in [0, 0.1) is 0 Å². The summed E-state index contributed by atoms with van der Waals surface area (Å²) in [7, 11) is 0. The van der Waals surface area contributed by atoms with E-state index >= 15 is 0 Å². The summed E-state index contributed by atoms with van der Waals surface area (Å²) in [6, 6.07) is 13.0. The highest BCUT2D eigenvalue weighted by Gasteiger charge is 2.43. The highest BCUT2D eigenvalue weighted by Crippen LogP contribution is 2.26. The summed E-state index contributed by atoms with van der Waals surface area (Å²) >= 11 is 0. The number of nitrogens with one attached hydrogen (secondary N) is 4. The van der Waals surface area contributed by atoms with Crippen molar-refractivity contribution in [3.05, 3.63) is 65.2 Å². The van der Waals surface area contributed by atoms with Gasteiger partial charge in [0.1, 0.15) is 29.8 Å². The van der Waals surface area contributed by atoms with E-state index in [1.54, 1.807) is 41.5 Å². The van der Waals surface area contributed by atoms with Gasteiger partial charge in [0.25, 0.3) is 0 Å². The van der Waals surface area contributed by atoms with Crippen molar-refractivity contribution in [2.75, 3.05) is 18.4 Å². The second-order valence-electron chi connectivity index (χ2n) is 14.4. The van der Waals surface area contributed by atoms with E-state index in [0.717, 1.165) is 24.8 Å². The minimum atomic E-state index is -1.02. The van der Waals surface area contributed by atoms with E-state index in [1.807, 2.05) is 48.5 Å². The molecule has 12 nitrogen and oxygen atoms in total. The molecule has 0 saturated carbocycles. The number of hydrogen-bond acceptors (Lipinski definition) is 7. The molecule has 1 aliphatic carbocycles. The van der Waals surface area contributed by atoms with Crippen LogP contribution in [0.5, 0.6) is 0 Å². The number of carbonyl (C=O) groups excluding carboxylic acids is 5. The van der Waals surface area contributed by atoms with Gasteiger partial charge in [-0.2, -0.15) is 0 Å². The van der Waals surface area contributed by atoms with E-state index in [1.165, 1.54) is 16.0 Å². The molecule has 0 bridgehead atoms. The van der Waals surface area contributed by atoms with E-state index in [9.17, 15) is 24.0 Å². The number of hydrogen-bond donors (Lipinski definition) is 4. The lowest BCUT2D eigenvalue weighted by Gasteiger charge is -2.29. The SMILES string of the molecule is CC(C)(C)OC(=O)NCC(=O)N[C@@H]1C[C@@H](C(=O)N[C@H](CCc2ccccc2)C(=O)Nc2ccc3c(c2)CCC3)N(C(=O)OC(C)(C)C)C1. The predicted molar refractivity (Wildman–Crippen MR) is 181 cm³/mol. The zero-order valence-electron chi connectivity index (χ0n) is 28.8. The Hall–Kier alpha value is -4.61. The Labute approximate surface area is 282 Å². The zero-order valence-corrected chi connectivity index (χ0v) is 28.8. The third-order valence-electron chi connectivity index (χ3n) is 7.95. The number of nitrogens with zero attached hydrogens (tertiary/aromatic N) is 1. The Morgan fingerprint density at radius 3 is 2.27 bits per heavy atom. The molecule has 0 radical (unpaired) electrons. The first-order chi connectivity index (χ1) is 22.6. The Bertz CT molecular complexity index is 1480. The first-order valence-corrected chi connectivity index (χ1v) is 16.6. The van der Waals surface area contributed by atoms with Gasteiger partial charge in [-0.05, 0) is 109 Å². The van der Waals surface area contributed by atoms with E-state index < -0.39 is 53.3 Å². The van der Waals surface area contributed by atoms with Gasteiger partial charge in [0.2, 0.25) is 17.7 Å². The average Bonchev–Trinajstić information content (AvgIpc) is 3.64. The summed E-state index contributed by atoms with van der Waals surface area (Å²) in [5.74, 6) is -1.41. The number of aryl methyl sites for hydroxylation is 3. The second kappa shape index (κ2) is 15.5. The summed E-state index contributed by atoms with van der Waals surface area (Å²) in [6.07, 6.45) is 2.56. The molecule has 4 rings (SSSR count). The molecule has 3 atom stereocenters. The van der Waals surface area contributed by atoms with Gasteiger partial charge in [-0.25, -0.2) is 9.59 Å². The molecule has 48 heavy (non-hydrogen) atoms. The van der Waals surface area contributed by atoms with Crippen LogP contribution in [0.3, 0.4) is 0 Å². The van der Waals surface area contributed by atoms with E-state index in [2.05, 4.69) is 21.3 Å². The van der Waals surface area contributed by atoms with Crippen LogP contribution in [0.4, 0.5) is 15.3 Å². The molecule has 0 unspecified atom stereocenters. The largest absolute Gasteiger partial charge is 0.444 e. The fourth-order valence-corrected chi connectivity index (χ4v) is 5.83. The quantitative estimate of drug-likeness (QED) is 0.296. The molecule has 2 aromatic carbocycles. The lowest BCUT2D eigenvalue weighted by atomic mass is 10.0. The predicted octanol–water partition coefficient (Wildman–Crippen LogP) is 4.25. The van der Waals surface area contributed by atoms with Crippen LogP contribution in [0.2, 0.25) is 0 Å². The van der Waals surface area contributed by atoms with Crippen LogP contribution in [0.15, 0.2) is 48.5 Å². The molecule has 1 heterocycles. The maximum atomic E-state index is 13.9. The number of benzene rings is 2. The normalized spacial score (nSPS) is 17.9. The lowest BCUT2D eigenvalue weighted by Crippen LogP contribution is -2.52. The van der Waals surface area contributed by atoms with Crippen molar-refractivity contribution in [1.82, 2.24) is 20.9 Å². The molecule has 260 valence electrons. The van der Waals surface area contributed by atoms with Gasteiger partial charge in [-0.1, -0.05) is 36.4 Å². The third-order valence-corrected chi connectivity index (χ3v) is 7.95. The van der Waals surface area contributed by atoms with Crippen molar-refractivity contribution < 1.29 is 33.4 Å². The third kappa shape index (κ3) is 11.0. The molecule has 1 fully saturated rings. The maximum absolute atomic E-state index is 13.9. The van der Waals surface area contributed by atoms with Crippen LogP contribution < -0.4 is 21.3 Å². The molecule has 0 spiro atoms. The van der Waals surface area contributed by atoms with Crippen LogP contribution in [0.1, 0.15) is 77.5 Å². The highest BCUT2D eigenvalue weighted by molar-refractivity contribution is 5.98. The molecular weight excluding hydrogens is 614 g/mol. The van der Waals surface area contributed by atoms with Crippen molar-refractivity contribution >= 4 is 35.6 Å². The summed E-state index contributed by atoms with van der Waals surface area (Å²) in [5, 5.41) is 11.1. The lowest BCUT2D eigenvalue weighted by molar-refractivity contribution is -0.129. The van der Waals surface area contributed by atoms with Crippen LogP contribution >= 0.6 is 0 Å². The van der Waals surface area contributed by atoms with Gasteiger partial charge >= 0.3 is 12.2 Å². The summed E-state index contributed by atoms with van der Waals surface area (Å²) in [4.78, 5) is 66.9. The van der Waals surface area contributed by atoms with Gasteiger partial charge in [0.15, 0.2) is 0 Å². The summed E-state index contributed by atoms with van der Waals surface area (Å²) in [6.45, 7) is 9.96. The van der Waals surface area contributed by atoms with Crippen LogP contribution in [-0.4, -0.2) is 77.2 Å². The molecule has 1 aliphatic heterocycles. The number of anilines is 1. The van der Waals surface area contributed by atoms with Crippen molar-refractivity contribution in [2.24, 2.45) is 0 Å². The van der Waals surface area contributed by atoms with Gasteiger partial charge in [0, 0.05) is 18.3 Å². The first kappa shape index (κ1) is 36.2. The Balaban J connectivity index is 1.47. The average molecular weight is 664 g/mol. The van der Waals surface area contributed by atoms with Crippen LogP contribution in [0.25, 0.3) is 0 Å². The second-order valence-corrected chi connectivity index (χ2v) is 14.4. The van der Waals surface area contributed by atoms with E-state index in [4.69, 9.17) is 9.47 Å². The van der Waals surface area contributed by atoms with Gasteiger partial charge in [-0.15, -0.1) is 0 Å². The molecule has 1 saturated heterocycles. The number of alkyl carbamates (subject to hydrolysis) is 1. The molecule has 12 heteroatoms. The smallest absolute Gasteiger partial charge is 0.411 e. The zero-order chi connectivity index (χ0) is 35.1. The fourth-order valence-electron chi connectivity index (χ4n) is 5.83. The summed E-state index contributed by atoms with van der Waals surface area (Å²) in [5.41, 5.74) is 2.63. The Morgan fingerprint density at radius 2 is 1.58 bits per heavy atom. The minimum Gasteiger partial charge on any atom is -0.444 e. The van der Waals surface area contributed by atoms with Crippen LogP contribution in [-0.2, 0) is 43.1 Å². The van der Waals surface area contributed by atoms with Crippen molar-refractivity contribution in [3.63, 3.8) is 0 Å². The maximum Gasteiger partial charge on any atom is 0.411 e. The highest BCUT2D eigenvalue weighted by atomic mass is 16.6. The summed E-state index contributed by atoms with van der Waals surface area (Å²) < 4.78 is 10.8. The van der Waals surface area contributed by atoms with Gasteiger partial charge < -0.3 is 30.7 Å². The van der Waals surface area contributed by atoms with Crippen molar-refractivity contribution in [2.45, 2.75) is 109 Å². The molecular formula is C36H49N5O7. The molecule has 5 amide bonds. The van der Waals surface area contributed by atoms with Crippen molar-refractivity contribution in [3.8, 4) is 0 Å². The molecule has 2 aromatic rings. The Kier molecular flexibility index (Phi) is 11.7. The molecule has 4 N–H and O–H groups in total. The van der Waals surface area contributed by atoms with Gasteiger partial charge in [-0.3, -0.25) is 19.3 Å². The number of likely N-dealkylation sites (tertiary alicyclic amines) is 1. The van der Waals surface area contributed by atoms with Crippen molar-refractivity contribution in [1.29, 1.82) is 0 Å². The number of amides is 5. The van der Waals surface area contributed by atoms with E-state index in [-0.39, 0.29) is 25.4 Å². The Morgan fingerprint density at radius 1 is 0.896 bits per heavy atom. The number of ether oxygens (including phenoxy) is 2. The topological polar surface area (TPSA) is 155 Å². The fraction of sp³-hybridized carbons (Fsp3) is 0.528. The number of carbonyl (C=O) groups is 5. The molecule has 0 aromatic heterocycles. The van der Waals surface area contributed by atoms with E-state index in [0.29, 0.717) is 18.5 Å². The number of rotatable bonds is 10. The molecule has 2 aliphatic rings. The first-order valence-electron chi connectivity index (χ1n) is 16.6.